The Morgan fingerprint density at radius 1 is 1.00 bits per heavy atom. The number of aromatic nitrogens is 2. The van der Waals surface area contributed by atoms with E-state index in [0.29, 0.717) is 24.9 Å². The van der Waals surface area contributed by atoms with Crippen LogP contribution in [0.15, 0.2) is 6.20 Å². The van der Waals surface area contributed by atoms with Crippen molar-refractivity contribution in [2.24, 2.45) is 11.8 Å². The third-order valence-corrected chi connectivity index (χ3v) is 4.68. The van der Waals surface area contributed by atoms with E-state index in [1.165, 1.54) is 0 Å². The highest BCUT2D eigenvalue weighted by molar-refractivity contribution is 5.46. The highest BCUT2D eigenvalue weighted by Crippen LogP contribution is 2.20. The van der Waals surface area contributed by atoms with E-state index in [9.17, 15) is 10.2 Å². The van der Waals surface area contributed by atoms with Crippen molar-refractivity contribution in [3.63, 3.8) is 0 Å². The summed E-state index contributed by atoms with van der Waals surface area (Å²) in [6.45, 7) is 14.2. The molecule has 1 aromatic rings. The van der Waals surface area contributed by atoms with Gasteiger partial charge in [0.1, 0.15) is 5.82 Å². The van der Waals surface area contributed by atoms with Crippen molar-refractivity contribution in [1.29, 1.82) is 0 Å². The van der Waals surface area contributed by atoms with Gasteiger partial charge in [0.05, 0.1) is 11.2 Å². The van der Waals surface area contributed by atoms with Gasteiger partial charge in [0.2, 0.25) is 5.95 Å². The van der Waals surface area contributed by atoms with Crippen LogP contribution in [0.25, 0.3) is 0 Å². The zero-order chi connectivity index (χ0) is 17.8. The Morgan fingerprint density at radius 2 is 1.48 bits per heavy atom. The van der Waals surface area contributed by atoms with E-state index >= 15 is 0 Å². The summed E-state index contributed by atoms with van der Waals surface area (Å²) in [7, 11) is 0. The van der Waals surface area contributed by atoms with Gasteiger partial charge >= 0.3 is 0 Å². The van der Waals surface area contributed by atoms with E-state index in [1.807, 2.05) is 34.6 Å². The van der Waals surface area contributed by atoms with Gasteiger partial charge in [-0.05, 0) is 32.6 Å². The number of hydrogen-bond donors (Lipinski definition) is 4. The minimum absolute atomic E-state index is 0.124. The molecule has 0 bridgehead atoms. The number of nitrogens with one attached hydrogen (secondary N) is 2. The van der Waals surface area contributed by atoms with Crippen LogP contribution >= 0.6 is 0 Å². The van der Waals surface area contributed by atoms with Crippen molar-refractivity contribution in [3.8, 4) is 0 Å². The maximum atomic E-state index is 10.3. The normalized spacial score (nSPS) is 17.0. The fraction of sp³-hybridized carbons (Fsp3) is 0.765. The van der Waals surface area contributed by atoms with E-state index in [1.54, 1.807) is 20.0 Å². The maximum Gasteiger partial charge on any atom is 0.224 e. The summed E-state index contributed by atoms with van der Waals surface area (Å²) in [5.74, 6) is 1.41. The van der Waals surface area contributed by atoms with Crippen molar-refractivity contribution in [1.82, 2.24) is 9.97 Å². The van der Waals surface area contributed by atoms with E-state index in [-0.39, 0.29) is 11.8 Å². The summed E-state index contributed by atoms with van der Waals surface area (Å²) in [6, 6.07) is 0. The van der Waals surface area contributed by atoms with Crippen LogP contribution in [0.3, 0.4) is 0 Å². The van der Waals surface area contributed by atoms with Crippen molar-refractivity contribution in [2.45, 2.75) is 59.7 Å². The molecule has 2 unspecified atom stereocenters. The number of hydrogen-bond acceptors (Lipinski definition) is 6. The van der Waals surface area contributed by atoms with Gasteiger partial charge in [-0.2, -0.15) is 4.98 Å². The lowest BCUT2D eigenvalue weighted by atomic mass is 9.92. The summed E-state index contributed by atoms with van der Waals surface area (Å²) in [5.41, 5.74) is -0.735. The molecule has 1 aromatic heterocycles. The highest BCUT2D eigenvalue weighted by atomic mass is 16.3. The molecule has 132 valence electrons. The average molecular weight is 324 g/mol. The molecule has 6 nitrogen and oxygen atoms in total. The second-order valence-electron chi connectivity index (χ2n) is 7.46. The van der Waals surface area contributed by atoms with Crippen molar-refractivity contribution in [3.05, 3.63) is 11.8 Å². The van der Waals surface area contributed by atoms with Crippen LogP contribution in [-0.2, 0) is 0 Å². The molecule has 0 spiro atoms. The second kappa shape index (κ2) is 7.45. The zero-order valence-electron chi connectivity index (χ0n) is 15.4. The van der Waals surface area contributed by atoms with Gasteiger partial charge < -0.3 is 20.8 Å². The molecule has 0 radical (unpaired) electrons. The lowest BCUT2D eigenvalue weighted by Gasteiger charge is -2.29. The zero-order valence-corrected chi connectivity index (χ0v) is 15.4. The van der Waals surface area contributed by atoms with Gasteiger partial charge in [0.15, 0.2) is 0 Å². The topological polar surface area (TPSA) is 90.3 Å². The van der Waals surface area contributed by atoms with Crippen molar-refractivity contribution >= 4 is 11.8 Å². The lowest BCUT2D eigenvalue weighted by Crippen LogP contribution is -2.39. The van der Waals surface area contributed by atoms with Crippen LogP contribution in [0.4, 0.5) is 11.8 Å². The highest BCUT2D eigenvalue weighted by Gasteiger charge is 2.26. The Kier molecular flexibility index (Phi) is 6.36. The molecule has 0 saturated heterocycles. The minimum atomic E-state index is -0.830. The molecule has 0 amide bonds. The monoisotopic (exact) mass is 324 g/mol. The molecule has 0 saturated carbocycles. The number of aliphatic hydroxyl groups is 2. The van der Waals surface area contributed by atoms with Crippen LogP contribution in [0, 0.1) is 18.8 Å². The Balaban J connectivity index is 2.76. The Morgan fingerprint density at radius 3 is 1.96 bits per heavy atom. The van der Waals surface area contributed by atoms with Crippen LogP contribution in [0.1, 0.15) is 47.1 Å². The number of aryl methyl sites for hydroxylation is 1. The molecule has 1 heterocycles. The Bertz CT molecular complexity index is 513. The largest absolute Gasteiger partial charge is 0.388 e. The number of nitrogens with zero attached hydrogens (tertiary/aromatic N) is 2. The number of anilines is 2. The molecule has 4 N–H and O–H groups in total. The van der Waals surface area contributed by atoms with Crippen LogP contribution in [0.5, 0.6) is 0 Å². The molecule has 0 fully saturated rings. The standard InChI is InChI=1S/C17H32N4O2/c1-11(2)16(6,22)9-19-14-13(5)8-18-15(21-14)20-10-17(7,23)12(3)4/h8,11-12,22-23H,9-10H2,1-7H3,(H2,18,19,20,21). The first-order chi connectivity index (χ1) is 10.5. The lowest BCUT2D eigenvalue weighted by molar-refractivity contribution is 0.0264. The maximum absolute atomic E-state index is 10.3. The third kappa shape index (κ3) is 5.62. The van der Waals surface area contributed by atoms with Gasteiger partial charge in [-0.3, -0.25) is 0 Å². The summed E-state index contributed by atoms with van der Waals surface area (Å²) in [4.78, 5) is 8.69. The van der Waals surface area contributed by atoms with Gasteiger partial charge in [-0.15, -0.1) is 0 Å². The fourth-order valence-corrected chi connectivity index (χ4v) is 1.64. The van der Waals surface area contributed by atoms with E-state index < -0.39 is 11.2 Å². The molecular formula is C17H32N4O2. The molecule has 0 aromatic carbocycles. The Hall–Kier alpha value is -1.40. The predicted molar refractivity (Wildman–Crippen MR) is 94.7 cm³/mol. The van der Waals surface area contributed by atoms with Gasteiger partial charge in [-0.25, -0.2) is 4.98 Å². The molecule has 0 aliphatic rings. The average Bonchev–Trinajstić information content (AvgIpc) is 2.44. The molecule has 23 heavy (non-hydrogen) atoms. The SMILES string of the molecule is Cc1cnc(NCC(C)(O)C(C)C)nc1NCC(C)(O)C(C)C. The van der Waals surface area contributed by atoms with Crippen LogP contribution < -0.4 is 10.6 Å². The van der Waals surface area contributed by atoms with Crippen LogP contribution in [0.2, 0.25) is 0 Å². The second-order valence-corrected chi connectivity index (χ2v) is 7.46. The fourth-order valence-electron chi connectivity index (χ4n) is 1.64. The molecule has 0 aliphatic carbocycles. The smallest absolute Gasteiger partial charge is 0.224 e. The van der Waals surface area contributed by atoms with E-state index in [4.69, 9.17) is 0 Å². The van der Waals surface area contributed by atoms with Gasteiger partial charge in [0.25, 0.3) is 0 Å². The third-order valence-electron chi connectivity index (χ3n) is 4.68. The Labute approximate surface area is 139 Å². The van der Waals surface area contributed by atoms with Crippen molar-refractivity contribution in [2.75, 3.05) is 23.7 Å². The van der Waals surface area contributed by atoms with Gasteiger partial charge in [-0.1, -0.05) is 27.7 Å². The molecule has 6 heteroatoms. The molecule has 1 rings (SSSR count). The molecule has 2 atom stereocenters. The first-order valence-corrected chi connectivity index (χ1v) is 8.22. The summed E-state index contributed by atoms with van der Waals surface area (Å²) >= 11 is 0. The number of rotatable bonds is 8. The quantitative estimate of drug-likeness (QED) is 0.587. The predicted octanol–water partition coefficient (Wildman–Crippen LogP) is 2.42. The summed E-state index contributed by atoms with van der Waals surface area (Å²) < 4.78 is 0. The van der Waals surface area contributed by atoms with E-state index in [2.05, 4.69) is 20.6 Å². The first kappa shape index (κ1) is 19.6. The van der Waals surface area contributed by atoms with Gasteiger partial charge in [0, 0.05) is 24.8 Å². The minimum Gasteiger partial charge on any atom is -0.388 e. The van der Waals surface area contributed by atoms with Crippen molar-refractivity contribution < 1.29 is 10.2 Å². The first-order valence-electron chi connectivity index (χ1n) is 8.22. The summed E-state index contributed by atoms with van der Waals surface area (Å²) in [5, 5.41) is 26.9. The van der Waals surface area contributed by atoms with Crippen LogP contribution in [-0.4, -0.2) is 44.5 Å². The molecular weight excluding hydrogens is 292 g/mol. The molecule has 0 aliphatic heterocycles. The van der Waals surface area contributed by atoms with E-state index in [0.717, 1.165) is 5.56 Å². The summed E-state index contributed by atoms with van der Waals surface area (Å²) in [6.07, 6.45) is 1.73.